The number of carbonyl (C=O) groups is 1. The predicted molar refractivity (Wildman–Crippen MR) is 116 cm³/mol. The van der Waals surface area contributed by atoms with E-state index in [1.165, 1.54) is 34.9 Å². The first kappa shape index (κ1) is 21.9. The third kappa shape index (κ3) is 4.83. The Morgan fingerprint density at radius 3 is 2.67 bits per heavy atom. The maximum atomic E-state index is 13.1. The van der Waals surface area contributed by atoms with E-state index in [-0.39, 0.29) is 18.1 Å². The van der Waals surface area contributed by atoms with Gasteiger partial charge >= 0.3 is 0 Å². The zero-order valence-corrected chi connectivity index (χ0v) is 18.3. The number of hydrogen-bond donors (Lipinski definition) is 0. The van der Waals surface area contributed by atoms with Crippen LogP contribution in [0, 0.1) is 24.0 Å². The summed E-state index contributed by atoms with van der Waals surface area (Å²) >= 11 is 7.72. The summed E-state index contributed by atoms with van der Waals surface area (Å²) in [6.07, 6.45) is 0. The molecule has 0 aliphatic rings. The second-order valence-corrected chi connectivity index (χ2v) is 8.21. The molecular formula is C21H20ClN3O4S. The van der Waals surface area contributed by atoms with Gasteiger partial charge in [0.05, 0.1) is 16.2 Å². The van der Waals surface area contributed by atoms with Crippen LogP contribution in [0.4, 0.5) is 5.69 Å². The number of rotatable bonds is 7. The highest BCUT2D eigenvalue weighted by molar-refractivity contribution is 7.98. The lowest BCUT2D eigenvalue weighted by molar-refractivity contribution is -0.384. The van der Waals surface area contributed by atoms with Gasteiger partial charge in [0.25, 0.3) is 11.6 Å². The highest BCUT2D eigenvalue weighted by Crippen LogP contribution is 2.30. The fourth-order valence-corrected chi connectivity index (χ4v) is 4.33. The van der Waals surface area contributed by atoms with E-state index < -0.39 is 4.92 Å². The van der Waals surface area contributed by atoms with E-state index in [1.54, 1.807) is 19.2 Å². The number of thioether (sulfide) groups is 1. The van der Waals surface area contributed by atoms with Crippen LogP contribution in [0.2, 0.25) is 5.02 Å². The van der Waals surface area contributed by atoms with Crippen LogP contribution in [0.1, 0.15) is 32.9 Å². The van der Waals surface area contributed by atoms with Gasteiger partial charge in [0.1, 0.15) is 5.76 Å². The van der Waals surface area contributed by atoms with Gasteiger partial charge in [-0.1, -0.05) is 28.9 Å². The van der Waals surface area contributed by atoms with Crippen molar-refractivity contribution in [2.45, 2.75) is 31.0 Å². The van der Waals surface area contributed by atoms with Crippen LogP contribution in [0.5, 0.6) is 0 Å². The van der Waals surface area contributed by atoms with Gasteiger partial charge in [-0.2, -0.15) is 0 Å². The molecule has 1 amide bonds. The zero-order valence-electron chi connectivity index (χ0n) is 16.7. The SMILES string of the molecule is Cc1noc(C)c1CSc1ccccc1C(=O)N(C)Cc1cc([N+](=O)[O-])ccc1Cl. The molecule has 3 aromatic rings. The Hall–Kier alpha value is -2.84. The van der Waals surface area contributed by atoms with Crippen molar-refractivity contribution >= 4 is 35.0 Å². The summed E-state index contributed by atoms with van der Waals surface area (Å²) in [4.78, 5) is 26.0. The van der Waals surface area contributed by atoms with Gasteiger partial charge in [0, 0.05) is 47.0 Å². The summed E-state index contributed by atoms with van der Waals surface area (Å²) in [5.41, 5.74) is 2.85. The number of aromatic nitrogens is 1. The van der Waals surface area contributed by atoms with Gasteiger partial charge in [-0.15, -0.1) is 11.8 Å². The molecule has 0 saturated heterocycles. The Labute approximate surface area is 183 Å². The van der Waals surface area contributed by atoms with E-state index in [9.17, 15) is 14.9 Å². The second kappa shape index (κ2) is 9.32. The van der Waals surface area contributed by atoms with Gasteiger partial charge in [0.2, 0.25) is 0 Å². The van der Waals surface area contributed by atoms with Crippen molar-refractivity contribution < 1.29 is 14.2 Å². The van der Waals surface area contributed by atoms with E-state index in [4.69, 9.17) is 16.1 Å². The summed E-state index contributed by atoms with van der Waals surface area (Å²) in [5.74, 6) is 1.20. The van der Waals surface area contributed by atoms with Crippen molar-refractivity contribution in [2.24, 2.45) is 0 Å². The van der Waals surface area contributed by atoms with E-state index in [2.05, 4.69) is 5.16 Å². The molecule has 0 fully saturated rings. The smallest absolute Gasteiger partial charge is 0.269 e. The van der Waals surface area contributed by atoms with Gasteiger partial charge in [0.15, 0.2) is 0 Å². The van der Waals surface area contributed by atoms with Crippen LogP contribution in [-0.2, 0) is 12.3 Å². The average Bonchev–Trinajstić information content (AvgIpc) is 3.05. The van der Waals surface area contributed by atoms with Crippen LogP contribution >= 0.6 is 23.4 Å². The highest BCUT2D eigenvalue weighted by Gasteiger charge is 2.19. The molecule has 3 rings (SSSR count). The zero-order chi connectivity index (χ0) is 21.8. The molecule has 1 aromatic heterocycles. The number of non-ortho nitro benzene ring substituents is 1. The maximum Gasteiger partial charge on any atom is 0.269 e. The summed E-state index contributed by atoms with van der Waals surface area (Å²) < 4.78 is 5.20. The molecule has 0 N–H and O–H groups in total. The number of carbonyl (C=O) groups excluding carboxylic acids is 1. The lowest BCUT2D eigenvalue weighted by atomic mass is 10.1. The molecule has 0 spiro atoms. The lowest BCUT2D eigenvalue weighted by Gasteiger charge is -2.19. The quantitative estimate of drug-likeness (QED) is 0.274. The molecule has 2 aromatic carbocycles. The van der Waals surface area contributed by atoms with Gasteiger partial charge < -0.3 is 9.42 Å². The number of aryl methyl sites for hydroxylation is 2. The Morgan fingerprint density at radius 1 is 1.27 bits per heavy atom. The van der Waals surface area contributed by atoms with Crippen molar-refractivity contribution in [3.8, 4) is 0 Å². The van der Waals surface area contributed by atoms with Crippen LogP contribution in [0.25, 0.3) is 0 Å². The summed E-state index contributed by atoms with van der Waals surface area (Å²) in [6.45, 7) is 3.91. The van der Waals surface area contributed by atoms with E-state index in [0.717, 1.165) is 21.9 Å². The molecule has 9 heteroatoms. The average molecular weight is 446 g/mol. The molecule has 0 saturated carbocycles. The fourth-order valence-electron chi connectivity index (χ4n) is 2.96. The third-order valence-corrected chi connectivity index (χ3v) is 6.13. The predicted octanol–water partition coefficient (Wildman–Crippen LogP) is 5.42. The Bertz CT molecular complexity index is 1080. The molecule has 0 unspecified atom stereocenters. The Balaban J connectivity index is 1.78. The molecule has 0 bridgehead atoms. The minimum Gasteiger partial charge on any atom is -0.361 e. The minimum absolute atomic E-state index is 0.0642. The van der Waals surface area contributed by atoms with E-state index >= 15 is 0 Å². The molecule has 1 heterocycles. The molecule has 7 nitrogen and oxygen atoms in total. The standard InChI is InChI=1S/C21H20ClN3O4S/c1-13-18(14(2)29-23-13)12-30-20-7-5-4-6-17(20)21(26)24(3)11-15-10-16(25(27)28)8-9-19(15)22/h4-10H,11-12H2,1-3H3. The van der Waals surface area contributed by atoms with Gasteiger partial charge in [-0.25, -0.2) is 0 Å². The third-order valence-electron chi connectivity index (χ3n) is 4.67. The largest absolute Gasteiger partial charge is 0.361 e. The Kier molecular flexibility index (Phi) is 6.79. The lowest BCUT2D eigenvalue weighted by Crippen LogP contribution is -2.26. The van der Waals surface area contributed by atoms with E-state index in [1.807, 2.05) is 26.0 Å². The summed E-state index contributed by atoms with van der Waals surface area (Å²) in [7, 11) is 1.65. The van der Waals surface area contributed by atoms with Crippen LogP contribution in [0.15, 0.2) is 51.9 Å². The number of benzene rings is 2. The van der Waals surface area contributed by atoms with Crippen molar-refractivity contribution in [3.05, 3.63) is 85.7 Å². The first-order valence-electron chi connectivity index (χ1n) is 9.09. The molecule has 0 aliphatic carbocycles. The summed E-state index contributed by atoms with van der Waals surface area (Å²) in [5, 5.41) is 15.4. The van der Waals surface area contributed by atoms with Crippen molar-refractivity contribution in [3.63, 3.8) is 0 Å². The molecule has 156 valence electrons. The van der Waals surface area contributed by atoms with E-state index in [0.29, 0.717) is 21.9 Å². The second-order valence-electron chi connectivity index (χ2n) is 6.78. The number of nitrogens with zero attached hydrogens (tertiary/aromatic N) is 3. The van der Waals surface area contributed by atoms with Gasteiger partial charge in [-0.05, 0) is 37.6 Å². The van der Waals surface area contributed by atoms with Crippen molar-refractivity contribution in [1.82, 2.24) is 10.1 Å². The highest BCUT2D eigenvalue weighted by atomic mass is 35.5. The van der Waals surface area contributed by atoms with Crippen LogP contribution in [-0.4, -0.2) is 27.9 Å². The normalized spacial score (nSPS) is 10.8. The molecular weight excluding hydrogens is 426 g/mol. The number of nitro benzene ring substituents is 1. The topological polar surface area (TPSA) is 89.5 Å². The number of hydrogen-bond acceptors (Lipinski definition) is 6. The molecule has 30 heavy (non-hydrogen) atoms. The first-order valence-corrected chi connectivity index (χ1v) is 10.5. The molecule has 0 aliphatic heterocycles. The van der Waals surface area contributed by atoms with Crippen molar-refractivity contribution in [1.29, 1.82) is 0 Å². The minimum atomic E-state index is -0.484. The first-order chi connectivity index (χ1) is 14.3. The van der Waals surface area contributed by atoms with Crippen LogP contribution < -0.4 is 0 Å². The molecule has 0 atom stereocenters. The maximum absolute atomic E-state index is 13.1. The number of amides is 1. The van der Waals surface area contributed by atoms with Crippen molar-refractivity contribution in [2.75, 3.05) is 7.05 Å². The fraction of sp³-hybridized carbons (Fsp3) is 0.238. The van der Waals surface area contributed by atoms with Crippen LogP contribution in [0.3, 0.4) is 0 Å². The monoisotopic (exact) mass is 445 g/mol. The number of halogens is 1. The Morgan fingerprint density at radius 2 is 2.00 bits per heavy atom. The van der Waals surface area contributed by atoms with Gasteiger partial charge in [-0.3, -0.25) is 14.9 Å². The molecule has 0 radical (unpaired) electrons. The summed E-state index contributed by atoms with van der Waals surface area (Å²) in [6, 6.07) is 11.6. The number of nitro groups is 1.